The van der Waals surface area contributed by atoms with Crippen LogP contribution in [0.4, 0.5) is 5.69 Å². The van der Waals surface area contributed by atoms with E-state index in [-0.39, 0.29) is 0 Å². The molecule has 1 unspecified atom stereocenters. The van der Waals surface area contributed by atoms with Gasteiger partial charge in [-0.2, -0.15) is 5.26 Å². The van der Waals surface area contributed by atoms with Crippen molar-refractivity contribution in [2.45, 2.75) is 19.1 Å². The first-order chi connectivity index (χ1) is 12.5. The van der Waals surface area contributed by atoms with Crippen molar-refractivity contribution in [2.24, 2.45) is 0 Å². The fraction of sp³-hybridized carbons (Fsp3) is 0.167. The summed E-state index contributed by atoms with van der Waals surface area (Å²) in [5.74, 6) is 0.700. The van der Waals surface area contributed by atoms with Crippen LogP contribution in [0.5, 0.6) is 0 Å². The van der Waals surface area contributed by atoms with E-state index >= 15 is 0 Å². The van der Waals surface area contributed by atoms with Gasteiger partial charge in [-0.25, -0.2) is 0 Å². The van der Waals surface area contributed by atoms with E-state index < -0.39 is 12.1 Å². The van der Waals surface area contributed by atoms with Gasteiger partial charge in [0.1, 0.15) is 12.1 Å². The Morgan fingerprint density at radius 1 is 1.12 bits per heavy atom. The largest absolute Gasteiger partial charge is 0.418 e. The Morgan fingerprint density at radius 3 is 2.50 bits per heavy atom. The number of aliphatic hydroxyl groups excluding tert-OH is 1. The number of hydrogen-bond acceptors (Lipinski definition) is 6. The molecule has 3 aromatic rings. The Hall–Kier alpha value is -1.71. The molecule has 0 fully saturated rings. The van der Waals surface area contributed by atoms with Crippen LogP contribution < -0.4 is 5.32 Å². The lowest BCUT2D eigenvalue weighted by molar-refractivity contribution is 0.159. The van der Waals surface area contributed by atoms with Gasteiger partial charge in [-0.3, -0.25) is 0 Å². The van der Waals surface area contributed by atoms with Crippen molar-refractivity contribution in [2.75, 3.05) is 5.32 Å². The zero-order valence-electron chi connectivity index (χ0n) is 13.6. The van der Waals surface area contributed by atoms with Crippen molar-refractivity contribution < 1.29 is 9.52 Å². The van der Waals surface area contributed by atoms with Gasteiger partial charge in [0.15, 0.2) is 0 Å². The summed E-state index contributed by atoms with van der Waals surface area (Å²) < 4.78 is 7.53. The monoisotopic (exact) mass is 572 g/mol. The standard InChI is InChI=1S/C18H14I2N4O2/c1-10(25)16(22-13-8-7-12(9-21)14(19)15(13)20)18-24-23-17(26-18)11-5-3-2-4-6-11/h2-8,10,16,22,25H,1H3/t10-,16?/m0/s1. The van der Waals surface area contributed by atoms with Gasteiger partial charge in [0.2, 0.25) is 11.8 Å². The third-order valence-corrected chi connectivity index (χ3v) is 7.00. The molecule has 8 heteroatoms. The van der Waals surface area contributed by atoms with E-state index in [4.69, 9.17) is 9.68 Å². The molecule has 3 rings (SSSR count). The summed E-state index contributed by atoms with van der Waals surface area (Å²) >= 11 is 4.31. The molecule has 6 nitrogen and oxygen atoms in total. The summed E-state index contributed by atoms with van der Waals surface area (Å²) in [6.45, 7) is 1.66. The van der Waals surface area contributed by atoms with Gasteiger partial charge < -0.3 is 14.8 Å². The quantitative estimate of drug-likeness (QED) is 0.442. The molecular formula is C18H14I2N4O2. The third kappa shape index (κ3) is 3.99. The van der Waals surface area contributed by atoms with Gasteiger partial charge in [0.25, 0.3) is 0 Å². The number of aromatic nitrogens is 2. The van der Waals surface area contributed by atoms with Gasteiger partial charge in [0.05, 0.1) is 15.2 Å². The molecule has 1 heterocycles. The molecule has 0 saturated carbocycles. The Kier molecular flexibility index (Phi) is 6.10. The highest BCUT2D eigenvalue weighted by Gasteiger charge is 2.25. The normalized spacial score (nSPS) is 13.0. The molecule has 26 heavy (non-hydrogen) atoms. The first-order valence-electron chi connectivity index (χ1n) is 7.72. The molecule has 132 valence electrons. The van der Waals surface area contributed by atoms with Crippen molar-refractivity contribution in [1.82, 2.24) is 10.2 Å². The van der Waals surface area contributed by atoms with E-state index in [0.29, 0.717) is 17.3 Å². The number of aliphatic hydroxyl groups is 1. The van der Waals surface area contributed by atoms with E-state index in [1.165, 1.54) is 0 Å². The number of hydrogen-bond donors (Lipinski definition) is 2. The van der Waals surface area contributed by atoms with Crippen molar-refractivity contribution in [3.63, 3.8) is 0 Å². The summed E-state index contributed by atoms with van der Waals surface area (Å²) in [5.41, 5.74) is 2.22. The predicted molar refractivity (Wildman–Crippen MR) is 114 cm³/mol. The second kappa shape index (κ2) is 8.32. The van der Waals surface area contributed by atoms with Crippen molar-refractivity contribution in [3.05, 3.63) is 61.1 Å². The Bertz CT molecular complexity index is 952. The van der Waals surface area contributed by atoms with Crippen LogP contribution in [0.3, 0.4) is 0 Å². The number of nitriles is 1. The number of nitrogens with one attached hydrogen (secondary N) is 1. The highest BCUT2D eigenvalue weighted by Crippen LogP contribution is 2.31. The van der Waals surface area contributed by atoms with E-state index in [1.54, 1.807) is 13.0 Å². The molecule has 0 bridgehead atoms. The maximum Gasteiger partial charge on any atom is 0.247 e. The zero-order chi connectivity index (χ0) is 18.7. The number of nitrogens with zero attached hydrogens (tertiary/aromatic N) is 3. The first-order valence-corrected chi connectivity index (χ1v) is 9.88. The predicted octanol–water partition coefficient (Wildman–Crippen LogP) is 4.35. The van der Waals surface area contributed by atoms with Crippen LogP contribution in [-0.2, 0) is 0 Å². The second-order valence-electron chi connectivity index (χ2n) is 5.57. The lowest BCUT2D eigenvalue weighted by Crippen LogP contribution is -2.24. The van der Waals surface area contributed by atoms with Crippen LogP contribution in [0.1, 0.15) is 24.4 Å². The Balaban J connectivity index is 1.91. The zero-order valence-corrected chi connectivity index (χ0v) is 18.0. The van der Waals surface area contributed by atoms with Crippen LogP contribution >= 0.6 is 45.2 Å². The van der Waals surface area contributed by atoms with Crippen LogP contribution in [-0.4, -0.2) is 21.4 Å². The van der Waals surface area contributed by atoms with Gasteiger partial charge in [-0.05, 0) is 76.4 Å². The smallest absolute Gasteiger partial charge is 0.247 e. The number of halogens is 2. The first kappa shape index (κ1) is 19.1. The molecule has 1 aromatic heterocycles. The molecule has 0 aliphatic rings. The second-order valence-corrected chi connectivity index (χ2v) is 7.73. The Morgan fingerprint density at radius 2 is 1.85 bits per heavy atom. The summed E-state index contributed by atoms with van der Waals surface area (Å²) in [6.07, 6.45) is -0.761. The fourth-order valence-electron chi connectivity index (χ4n) is 2.36. The molecule has 2 aromatic carbocycles. The lowest BCUT2D eigenvalue weighted by Gasteiger charge is -2.20. The molecule has 0 spiro atoms. The van der Waals surface area contributed by atoms with Gasteiger partial charge in [-0.15, -0.1) is 10.2 Å². The van der Waals surface area contributed by atoms with Crippen molar-refractivity contribution >= 4 is 50.9 Å². The van der Waals surface area contributed by atoms with E-state index in [9.17, 15) is 5.11 Å². The van der Waals surface area contributed by atoms with Crippen LogP contribution in [0.25, 0.3) is 11.5 Å². The van der Waals surface area contributed by atoms with Crippen LogP contribution in [0, 0.1) is 18.5 Å². The number of anilines is 1. The van der Waals surface area contributed by atoms with E-state index in [0.717, 1.165) is 18.4 Å². The van der Waals surface area contributed by atoms with Crippen molar-refractivity contribution in [3.8, 4) is 17.5 Å². The maximum atomic E-state index is 10.2. The molecule has 0 amide bonds. The topological polar surface area (TPSA) is 95.0 Å². The van der Waals surface area contributed by atoms with E-state index in [1.807, 2.05) is 36.4 Å². The minimum absolute atomic E-state index is 0.300. The van der Waals surface area contributed by atoms with Crippen LogP contribution in [0.2, 0.25) is 0 Å². The van der Waals surface area contributed by atoms with Crippen LogP contribution in [0.15, 0.2) is 46.9 Å². The SMILES string of the molecule is C[C@H](O)C(Nc1ccc(C#N)c(I)c1I)c1nnc(-c2ccccc2)o1. The number of rotatable bonds is 5. The number of benzene rings is 2. The molecular weight excluding hydrogens is 558 g/mol. The minimum atomic E-state index is -0.761. The maximum absolute atomic E-state index is 10.2. The van der Waals surface area contributed by atoms with Gasteiger partial charge in [0, 0.05) is 14.8 Å². The summed E-state index contributed by atoms with van der Waals surface area (Å²) in [6, 6.07) is 14.6. The molecule has 0 radical (unpaired) electrons. The van der Waals surface area contributed by atoms with Crippen molar-refractivity contribution in [1.29, 1.82) is 5.26 Å². The lowest BCUT2D eigenvalue weighted by atomic mass is 10.1. The summed E-state index contributed by atoms with van der Waals surface area (Å²) in [5, 5.41) is 30.8. The highest BCUT2D eigenvalue weighted by molar-refractivity contribution is 14.1. The highest BCUT2D eigenvalue weighted by atomic mass is 127. The summed E-state index contributed by atoms with van der Waals surface area (Å²) in [4.78, 5) is 0. The minimum Gasteiger partial charge on any atom is -0.418 e. The van der Waals surface area contributed by atoms with Gasteiger partial charge in [-0.1, -0.05) is 18.2 Å². The molecule has 0 saturated heterocycles. The summed E-state index contributed by atoms with van der Waals surface area (Å²) in [7, 11) is 0. The van der Waals surface area contributed by atoms with E-state index in [2.05, 4.69) is 66.8 Å². The average molecular weight is 572 g/mol. The third-order valence-electron chi connectivity index (χ3n) is 3.72. The molecule has 0 aliphatic heterocycles. The molecule has 2 N–H and O–H groups in total. The fourth-order valence-corrected chi connectivity index (χ4v) is 3.58. The average Bonchev–Trinajstić information content (AvgIpc) is 3.13. The molecule has 2 atom stereocenters. The van der Waals surface area contributed by atoms with Gasteiger partial charge >= 0.3 is 0 Å². The molecule has 0 aliphatic carbocycles. The Labute approximate surface area is 177 Å².